The second-order valence-corrected chi connectivity index (χ2v) is 3.73. The molecule has 0 spiro atoms. The van der Waals surface area contributed by atoms with Gasteiger partial charge in [0.05, 0.1) is 0 Å². The van der Waals surface area contributed by atoms with Crippen LogP contribution >= 0.6 is 0 Å². The first-order valence-corrected chi connectivity index (χ1v) is 4.73. The number of rotatable bonds is 0. The van der Waals surface area contributed by atoms with Crippen LogP contribution in [0.5, 0.6) is 0 Å². The molecular formula is C11H14O. The average Bonchev–Trinajstić information content (AvgIpc) is 2.25. The fraction of sp³-hybridized carbons (Fsp3) is 0.545. The summed E-state index contributed by atoms with van der Waals surface area (Å²) >= 11 is 0. The van der Waals surface area contributed by atoms with Gasteiger partial charge in [-0.05, 0) is 24.7 Å². The van der Waals surface area contributed by atoms with E-state index in [4.69, 9.17) is 0 Å². The Balaban J connectivity index is 2.13. The van der Waals surface area contributed by atoms with E-state index in [0.29, 0.717) is 17.6 Å². The number of ketones is 1. The number of fused-ring (bicyclic) bond motifs is 1. The molecule has 2 unspecified atom stereocenters. The highest BCUT2D eigenvalue weighted by molar-refractivity contribution is 5.79. The van der Waals surface area contributed by atoms with Crippen molar-refractivity contribution in [2.75, 3.05) is 0 Å². The molecule has 12 heavy (non-hydrogen) atoms. The molecule has 0 aliphatic heterocycles. The molecule has 0 saturated heterocycles. The van der Waals surface area contributed by atoms with Crippen LogP contribution < -0.4 is 0 Å². The number of allylic oxidation sites excluding steroid dienone is 4. The van der Waals surface area contributed by atoms with Crippen molar-refractivity contribution in [2.45, 2.75) is 25.7 Å². The summed E-state index contributed by atoms with van der Waals surface area (Å²) in [5.41, 5.74) is 0. The van der Waals surface area contributed by atoms with Crippen LogP contribution in [0.25, 0.3) is 0 Å². The second kappa shape index (κ2) is 3.26. The number of hydrogen-bond donors (Lipinski definition) is 0. The van der Waals surface area contributed by atoms with Gasteiger partial charge in [-0.15, -0.1) is 0 Å². The van der Waals surface area contributed by atoms with E-state index in [0.717, 1.165) is 19.3 Å². The minimum atomic E-state index is 0.447. The summed E-state index contributed by atoms with van der Waals surface area (Å²) in [6.45, 7) is 0. The monoisotopic (exact) mass is 162 g/mol. The molecule has 0 bridgehead atoms. The first kappa shape index (κ1) is 7.78. The molecule has 2 aliphatic rings. The highest BCUT2D eigenvalue weighted by Gasteiger charge is 2.24. The topological polar surface area (TPSA) is 17.1 Å². The summed E-state index contributed by atoms with van der Waals surface area (Å²) in [7, 11) is 0. The molecule has 0 heterocycles. The Morgan fingerprint density at radius 1 is 1.17 bits per heavy atom. The van der Waals surface area contributed by atoms with Crippen molar-refractivity contribution in [3.8, 4) is 0 Å². The number of carbonyl (C=O) groups is 1. The molecule has 2 atom stereocenters. The van der Waals surface area contributed by atoms with Crippen molar-refractivity contribution < 1.29 is 4.79 Å². The van der Waals surface area contributed by atoms with Crippen LogP contribution in [0.1, 0.15) is 25.7 Å². The molecule has 0 aromatic carbocycles. The van der Waals surface area contributed by atoms with E-state index in [-0.39, 0.29) is 0 Å². The largest absolute Gasteiger partial charge is 0.300 e. The average molecular weight is 162 g/mol. The van der Waals surface area contributed by atoms with Gasteiger partial charge in [0.2, 0.25) is 0 Å². The quantitative estimate of drug-likeness (QED) is 0.535. The number of Topliss-reactive ketones (excluding diaryl/α,β-unsaturated/α-hetero) is 1. The van der Waals surface area contributed by atoms with Crippen LogP contribution in [-0.2, 0) is 4.79 Å². The number of hydrogen-bond acceptors (Lipinski definition) is 1. The summed E-state index contributed by atoms with van der Waals surface area (Å²) in [5, 5.41) is 0. The van der Waals surface area contributed by atoms with Crippen LogP contribution in [0.4, 0.5) is 0 Å². The maximum atomic E-state index is 11.3. The lowest BCUT2D eigenvalue weighted by Gasteiger charge is -2.20. The van der Waals surface area contributed by atoms with Crippen LogP contribution in [0.15, 0.2) is 24.3 Å². The molecule has 1 fully saturated rings. The Bertz CT molecular complexity index is 237. The van der Waals surface area contributed by atoms with Crippen molar-refractivity contribution in [3.63, 3.8) is 0 Å². The van der Waals surface area contributed by atoms with E-state index in [1.165, 1.54) is 6.42 Å². The number of carbonyl (C=O) groups excluding carboxylic acids is 1. The van der Waals surface area contributed by atoms with Gasteiger partial charge in [-0.1, -0.05) is 24.3 Å². The van der Waals surface area contributed by atoms with Crippen LogP contribution in [0.3, 0.4) is 0 Å². The van der Waals surface area contributed by atoms with Crippen molar-refractivity contribution >= 4 is 5.78 Å². The molecule has 2 aliphatic carbocycles. The molecule has 0 N–H and O–H groups in total. The maximum Gasteiger partial charge on any atom is 0.133 e. The molecular weight excluding hydrogens is 148 g/mol. The molecule has 0 amide bonds. The zero-order valence-corrected chi connectivity index (χ0v) is 7.20. The fourth-order valence-electron chi connectivity index (χ4n) is 2.13. The van der Waals surface area contributed by atoms with Crippen molar-refractivity contribution in [1.82, 2.24) is 0 Å². The van der Waals surface area contributed by atoms with Crippen molar-refractivity contribution in [3.05, 3.63) is 24.3 Å². The molecule has 0 aromatic rings. The lowest BCUT2D eigenvalue weighted by molar-refractivity contribution is -0.119. The van der Waals surface area contributed by atoms with E-state index in [9.17, 15) is 4.79 Å². The first-order valence-electron chi connectivity index (χ1n) is 4.73. The van der Waals surface area contributed by atoms with E-state index in [2.05, 4.69) is 24.3 Å². The van der Waals surface area contributed by atoms with Gasteiger partial charge in [-0.2, -0.15) is 0 Å². The molecule has 0 radical (unpaired) electrons. The summed E-state index contributed by atoms with van der Waals surface area (Å²) < 4.78 is 0. The second-order valence-electron chi connectivity index (χ2n) is 3.73. The van der Waals surface area contributed by atoms with Gasteiger partial charge >= 0.3 is 0 Å². The first-order chi connectivity index (χ1) is 5.86. The Hall–Kier alpha value is -0.850. The van der Waals surface area contributed by atoms with Gasteiger partial charge in [-0.3, -0.25) is 4.79 Å². The Morgan fingerprint density at radius 2 is 1.92 bits per heavy atom. The fourth-order valence-corrected chi connectivity index (χ4v) is 2.13. The molecule has 1 nitrogen and oxygen atoms in total. The minimum Gasteiger partial charge on any atom is -0.300 e. The lowest BCUT2D eigenvalue weighted by Crippen LogP contribution is -2.12. The van der Waals surface area contributed by atoms with E-state index in [1.807, 2.05) is 0 Å². The zero-order chi connectivity index (χ0) is 8.39. The maximum absolute atomic E-state index is 11.3. The third kappa shape index (κ3) is 1.50. The van der Waals surface area contributed by atoms with Crippen LogP contribution in [0.2, 0.25) is 0 Å². The zero-order valence-electron chi connectivity index (χ0n) is 7.20. The summed E-state index contributed by atoms with van der Waals surface area (Å²) in [6, 6.07) is 0. The molecule has 1 saturated carbocycles. The van der Waals surface area contributed by atoms with Gasteiger partial charge in [0.1, 0.15) is 5.78 Å². The molecule has 0 aromatic heterocycles. The SMILES string of the molecule is O=C1CCCC2C=CC=CC2C1. The Morgan fingerprint density at radius 3 is 2.75 bits per heavy atom. The Labute approximate surface area is 73.2 Å². The van der Waals surface area contributed by atoms with Gasteiger partial charge in [0.25, 0.3) is 0 Å². The molecule has 2 rings (SSSR count). The van der Waals surface area contributed by atoms with Crippen molar-refractivity contribution in [2.24, 2.45) is 11.8 Å². The predicted molar refractivity (Wildman–Crippen MR) is 48.7 cm³/mol. The standard InChI is InChI=1S/C11H14O/c12-11-7-3-6-9-4-1-2-5-10(9)8-11/h1-2,4-5,9-10H,3,6-8H2. The van der Waals surface area contributed by atoms with E-state index < -0.39 is 0 Å². The van der Waals surface area contributed by atoms with Gasteiger partial charge in [0.15, 0.2) is 0 Å². The third-order valence-electron chi connectivity index (χ3n) is 2.83. The van der Waals surface area contributed by atoms with Crippen LogP contribution in [0, 0.1) is 11.8 Å². The Kier molecular flexibility index (Phi) is 2.11. The van der Waals surface area contributed by atoms with E-state index >= 15 is 0 Å². The molecule has 64 valence electrons. The normalized spacial score (nSPS) is 34.5. The molecule has 1 heteroatoms. The lowest BCUT2D eigenvalue weighted by atomic mass is 9.85. The van der Waals surface area contributed by atoms with Gasteiger partial charge < -0.3 is 0 Å². The van der Waals surface area contributed by atoms with E-state index in [1.54, 1.807) is 0 Å². The predicted octanol–water partition coefficient (Wildman–Crippen LogP) is 2.49. The summed E-state index contributed by atoms with van der Waals surface area (Å²) in [4.78, 5) is 11.3. The smallest absolute Gasteiger partial charge is 0.133 e. The third-order valence-corrected chi connectivity index (χ3v) is 2.83. The highest BCUT2D eigenvalue weighted by atomic mass is 16.1. The summed E-state index contributed by atoms with van der Waals surface area (Å²) in [6.07, 6.45) is 12.5. The van der Waals surface area contributed by atoms with Gasteiger partial charge in [-0.25, -0.2) is 0 Å². The minimum absolute atomic E-state index is 0.447. The van der Waals surface area contributed by atoms with Gasteiger partial charge in [0, 0.05) is 12.8 Å². The van der Waals surface area contributed by atoms with Crippen LogP contribution in [-0.4, -0.2) is 5.78 Å². The van der Waals surface area contributed by atoms with Crippen molar-refractivity contribution in [1.29, 1.82) is 0 Å². The highest BCUT2D eigenvalue weighted by Crippen LogP contribution is 2.31. The summed E-state index contributed by atoms with van der Waals surface area (Å²) in [5.74, 6) is 1.59.